The Morgan fingerprint density at radius 1 is 1.16 bits per heavy atom. The molecule has 0 saturated carbocycles. The van der Waals surface area contributed by atoms with Crippen molar-refractivity contribution in [2.75, 3.05) is 26.8 Å². The zero-order valence-electron chi connectivity index (χ0n) is 20.3. The van der Waals surface area contributed by atoms with Gasteiger partial charge in [0, 0.05) is 13.1 Å². The van der Waals surface area contributed by atoms with E-state index in [9.17, 15) is 9.59 Å². The fraction of sp³-hybridized carbons (Fsp3) is 0.615. The molecule has 0 radical (unpaired) electrons. The minimum atomic E-state index is -0.441. The van der Waals surface area contributed by atoms with Crippen LogP contribution in [0.4, 0.5) is 4.79 Å². The molecule has 6 nitrogen and oxygen atoms in total. The van der Waals surface area contributed by atoms with E-state index in [1.807, 2.05) is 62.9 Å². The van der Waals surface area contributed by atoms with Gasteiger partial charge < -0.3 is 19.1 Å². The van der Waals surface area contributed by atoms with Crippen molar-refractivity contribution in [3.05, 3.63) is 35.4 Å². The number of methoxy groups -OCH3 is 1. The Kier molecular flexibility index (Phi) is 10.1. The summed E-state index contributed by atoms with van der Waals surface area (Å²) in [5, 5.41) is 0. The molecule has 1 heterocycles. The molecule has 32 heavy (non-hydrogen) atoms. The molecule has 0 unspecified atom stereocenters. The molecule has 0 N–H and O–H groups in total. The number of amides is 1. The lowest BCUT2D eigenvalue weighted by Crippen LogP contribution is -2.41. The van der Waals surface area contributed by atoms with Crippen molar-refractivity contribution < 1.29 is 23.8 Å². The fourth-order valence-electron chi connectivity index (χ4n) is 3.84. The monoisotopic (exact) mass is 445 g/mol. The van der Waals surface area contributed by atoms with Crippen LogP contribution in [-0.4, -0.2) is 49.4 Å². The molecular formula is C26H39NO5. The van der Waals surface area contributed by atoms with Gasteiger partial charge in [0.05, 0.1) is 20.1 Å². The van der Waals surface area contributed by atoms with Gasteiger partial charge in [-0.25, -0.2) is 4.79 Å². The molecule has 1 aromatic rings. The largest absolute Gasteiger partial charge is 0.494 e. The minimum Gasteiger partial charge on any atom is -0.494 e. The fourth-order valence-corrected chi connectivity index (χ4v) is 3.84. The quantitative estimate of drug-likeness (QED) is 0.364. The summed E-state index contributed by atoms with van der Waals surface area (Å²) < 4.78 is 16.2. The van der Waals surface area contributed by atoms with E-state index in [0.717, 1.165) is 62.1 Å². The van der Waals surface area contributed by atoms with Gasteiger partial charge in [-0.3, -0.25) is 4.79 Å². The van der Waals surface area contributed by atoms with E-state index < -0.39 is 5.60 Å². The number of benzene rings is 1. The summed E-state index contributed by atoms with van der Waals surface area (Å²) in [5.74, 6) is 1.23. The Morgan fingerprint density at radius 2 is 1.88 bits per heavy atom. The van der Waals surface area contributed by atoms with Crippen molar-refractivity contribution in [3.63, 3.8) is 0 Å². The van der Waals surface area contributed by atoms with Gasteiger partial charge in [0.15, 0.2) is 0 Å². The average molecular weight is 446 g/mol. The van der Waals surface area contributed by atoms with Crippen molar-refractivity contribution in [2.24, 2.45) is 5.92 Å². The van der Waals surface area contributed by atoms with Crippen molar-refractivity contribution in [3.8, 4) is 5.75 Å². The molecule has 6 heteroatoms. The number of nitrogens with zero attached hydrogens (tertiary/aromatic N) is 1. The molecule has 0 spiro atoms. The number of esters is 1. The Hall–Kier alpha value is -2.50. The summed E-state index contributed by atoms with van der Waals surface area (Å²) in [6.07, 6.45) is 9.33. The third kappa shape index (κ3) is 8.93. The lowest BCUT2D eigenvalue weighted by Gasteiger charge is -2.33. The highest BCUT2D eigenvalue weighted by Gasteiger charge is 2.26. The number of likely N-dealkylation sites (tertiary alicyclic amines) is 1. The number of carbonyl (C=O) groups is 2. The van der Waals surface area contributed by atoms with Crippen LogP contribution in [0.2, 0.25) is 0 Å². The first-order valence-corrected chi connectivity index (χ1v) is 11.6. The SMILES string of the molecule is CC=Cc1cc(OCCCCC2CCN(C(=O)OC(C)(C)C)CC2)ccc1CC(=O)OC. The highest BCUT2D eigenvalue weighted by Crippen LogP contribution is 2.25. The number of allylic oxidation sites excluding steroid dienone is 1. The number of ether oxygens (including phenoxy) is 3. The summed E-state index contributed by atoms with van der Waals surface area (Å²) in [4.78, 5) is 25.6. The molecule has 1 aromatic carbocycles. The topological polar surface area (TPSA) is 65.1 Å². The Balaban J connectivity index is 1.69. The van der Waals surface area contributed by atoms with Gasteiger partial charge in [0.25, 0.3) is 0 Å². The van der Waals surface area contributed by atoms with Crippen molar-refractivity contribution in [1.29, 1.82) is 0 Å². The second kappa shape index (κ2) is 12.5. The van der Waals surface area contributed by atoms with Crippen molar-refractivity contribution >= 4 is 18.1 Å². The van der Waals surface area contributed by atoms with Crippen LogP contribution in [0.15, 0.2) is 24.3 Å². The van der Waals surface area contributed by atoms with Gasteiger partial charge in [-0.2, -0.15) is 0 Å². The molecule has 178 valence electrons. The maximum atomic E-state index is 12.2. The molecule has 1 aliphatic heterocycles. The van der Waals surface area contributed by atoms with E-state index >= 15 is 0 Å². The number of piperidine rings is 1. The van der Waals surface area contributed by atoms with Crippen LogP contribution in [-0.2, 0) is 20.7 Å². The predicted molar refractivity (Wildman–Crippen MR) is 127 cm³/mol. The molecule has 1 aliphatic rings. The number of hydrogen-bond acceptors (Lipinski definition) is 5. The Morgan fingerprint density at radius 3 is 2.50 bits per heavy atom. The molecule has 1 saturated heterocycles. The maximum Gasteiger partial charge on any atom is 0.410 e. The minimum absolute atomic E-state index is 0.195. The molecule has 0 atom stereocenters. The van der Waals surface area contributed by atoms with Gasteiger partial charge in [-0.1, -0.05) is 24.6 Å². The van der Waals surface area contributed by atoms with Gasteiger partial charge >= 0.3 is 12.1 Å². The highest BCUT2D eigenvalue weighted by molar-refractivity contribution is 5.74. The summed E-state index contributed by atoms with van der Waals surface area (Å²) in [5.41, 5.74) is 1.47. The Labute approximate surface area is 192 Å². The third-order valence-corrected chi connectivity index (χ3v) is 5.57. The van der Waals surface area contributed by atoms with Crippen molar-refractivity contribution in [2.45, 2.75) is 71.8 Å². The maximum absolute atomic E-state index is 12.2. The van der Waals surface area contributed by atoms with Crippen LogP contribution in [0.3, 0.4) is 0 Å². The first-order valence-electron chi connectivity index (χ1n) is 11.6. The van der Waals surface area contributed by atoms with E-state index in [-0.39, 0.29) is 18.5 Å². The molecule has 0 aromatic heterocycles. The number of rotatable bonds is 9. The first-order chi connectivity index (χ1) is 15.2. The smallest absolute Gasteiger partial charge is 0.410 e. The zero-order valence-corrected chi connectivity index (χ0v) is 20.3. The van der Waals surface area contributed by atoms with Crippen molar-refractivity contribution in [1.82, 2.24) is 4.90 Å². The van der Waals surface area contributed by atoms with E-state index in [1.165, 1.54) is 7.11 Å². The molecule has 0 bridgehead atoms. The average Bonchev–Trinajstić information content (AvgIpc) is 2.74. The number of carbonyl (C=O) groups excluding carboxylic acids is 2. The normalized spacial score (nSPS) is 15.1. The summed E-state index contributed by atoms with van der Waals surface area (Å²) >= 11 is 0. The lowest BCUT2D eigenvalue weighted by atomic mass is 9.92. The summed E-state index contributed by atoms with van der Waals surface area (Å²) in [6, 6.07) is 5.82. The zero-order chi connectivity index (χ0) is 23.6. The standard InChI is InChI=1S/C26H39NO5/c1-6-9-21-18-23(12-11-22(21)19-24(28)30-5)31-17-8-7-10-20-13-15-27(16-14-20)25(29)32-26(2,3)4/h6,9,11-12,18,20H,7-8,10,13-17,19H2,1-5H3. The van der Waals surface area contributed by atoms with E-state index in [4.69, 9.17) is 14.2 Å². The van der Waals surface area contributed by atoms with Gasteiger partial charge in [0.1, 0.15) is 11.4 Å². The van der Waals surface area contributed by atoms with E-state index in [0.29, 0.717) is 12.5 Å². The van der Waals surface area contributed by atoms with E-state index in [2.05, 4.69) is 0 Å². The van der Waals surface area contributed by atoms with Crippen LogP contribution in [0.5, 0.6) is 5.75 Å². The summed E-state index contributed by atoms with van der Waals surface area (Å²) in [7, 11) is 1.40. The molecule has 0 aliphatic carbocycles. The second-order valence-electron chi connectivity index (χ2n) is 9.37. The molecule has 2 rings (SSSR count). The molecular weight excluding hydrogens is 406 g/mol. The second-order valence-corrected chi connectivity index (χ2v) is 9.37. The number of hydrogen-bond donors (Lipinski definition) is 0. The first kappa shape index (κ1) is 25.8. The van der Waals surface area contributed by atoms with Crippen LogP contribution >= 0.6 is 0 Å². The van der Waals surface area contributed by atoms with E-state index in [1.54, 1.807) is 0 Å². The third-order valence-electron chi connectivity index (χ3n) is 5.57. The van der Waals surface area contributed by atoms with Crippen LogP contribution in [0.1, 0.15) is 70.9 Å². The van der Waals surface area contributed by atoms with Crippen LogP contribution < -0.4 is 4.74 Å². The predicted octanol–water partition coefficient (Wildman–Crippen LogP) is 5.63. The number of unbranched alkanes of at least 4 members (excludes halogenated alkanes) is 1. The summed E-state index contributed by atoms with van der Waals surface area (Å²) in [6.45, 7) is 9.88. The highest BCUT2D eigenvalue weighted by atomic mass is 16.6. The van der Waals surface area contributed by atoms with Gasteiger partial charge in [-0.05, 0) is 82.6 Å². The Bertz CT molecular complexity index is 773. The lowest BCUT2D eigenvalue weighted by molar-refractivity contribution is -0.139. The van der Waals surface area contributed by atoms with Gasteiger partial charge in [-0.15, -0.1) is 0 Å². The molecule has 1 fully saturated rings. The van der Waals surface area contributed by atoms with Gasteiger partial charge in [0.2, 0.25) is 0 Å². The molecule has 1 amide bonds. The van der Waals surface area contributed by atoms with Crippen LogP contribution in [0.25, 0.3) is 6.08 Å². The van der Waals surface area contributed by atoms with Crippen LogP contribution in [0, 0.1) is 5.92 Å².